The number of carbonyl (C=O) groups excluding carboxylic acids is 1. The molecule has 0 fully saturated rings. The van der Waals surface area contributed by atoms with E-state index in [0.717, 1.165) is 6.54 Å². The predicted octanol–water partition coefficient (Wildman–Crippen LogP) is 2.37. The lowest BCUT2D eigenvalue weighted by atomic mass is 10.2. The Morgan fingerprint density at radius 1 is 1.29 bits per heavy atom. The van der Waals surface area contributed by atoms with Gasteiger partial charge in [0.15, 0.2) is 0 Å². The molecule has 0 saturated carbocycles. The van der Waals surface area contributed by atoms with Crippen molar-refractivity contribution < 1.29 is 9.53 Å². The van der Waals surface area contributed by atoms with Crippen molar-refractivity contribution in [2.75, 3.05) is 27.2 Å². The summed E-state index contributed by atoms with van der Waals surface area (Å²) in [6, 6.07) is 10.1. The third kappa shape index (κ3) is 4.04. The van der Waals surface area contributed by atoms with Crippen molar-refractivity contribution in [3.63, 3.8) is 0 Å². The van der Waals surface area contributed by atoms with Crippen molar-refractivity contribution in [3.05, 3.63) is 42.5 Å². The molecule has 0 atom stereocenters. The van der Waals surface area contributed by atoms with E-state index in [0.29, 0.717) is 16.7 Å². The summed E-state index contributed by atoms with van der Waals surface area (Å²) >= 11 is 0. The number of rotatable bonds is 5. The van der Waals surface area contributed by atoms with Gasteiger partial charge < -0.3 is 4.74 Å². The Morgan fingerprint density at radius 3 is 2.41 bits per heavy atom. The molecule has 0 bridgehead atoms. The van der Waals surface area contributed by atoms with E-state index in [2.05, 4.69) is 32.8 Å². The van der Waals surface area contributed by atoms with Crippen LogP contribution in [-0.2, 0) is 9.53 Å². The molecule has 0 heterocycles. The first kappa shape index (κ1) is 13.5. The number of hydrogen-bond donors (Lipinski definition) is 0. The van der Waals surface area contributed by atoms with Gasteiger partial charge in [0.05, 0.1) is 14.1 Å². The molecule has 0 aromatic heterocycles. The zero-order valence-corrected chi connectivity index (χ0v) is 10.8. The maximum Gasteiger partial charge on any atom is 0.333 e. The summed E-state index contributed by atoms with van der Waals surface area (Å²) in [4.78, 5) is 11.2. The van der Waals surface area contributed by atoms with Crippen LogP contribution < -0.4 is 4.48 Å². The summed E-state index contributed by atoms with van der Waals surface area (Å²) < 4.78 is 5.79. The van der Waals surface area contributed by atoms with Gasteiger partial charge in [0, 0.05) is 5.57 Å². The van der Waals surface area contributed by atoms with Crippen LogP contribution in [0, 0.1) is 0 Å². The highest BCUT2D eigenvalue weighted by Crippen LogP contribution is 2.17. The summed E-state index contributed by atoms with van der Waals surface area (Å²) in [6.07, 6.45) is 0. The molecule has 0 aliphatic heterocycles. The third-order valence-electron chi connectivity index (χ3n) is 2.69. The van der Waals surface area contributed by atoms with Crippen LogP contribution in [0.5, 0.6) is 0 Å². The number of carbonyl (C=O) groups is 1. The van der Waals surface area contributed by atoms with Gasteiger partial charge in [-0.1, -0.05) is 24.8 Å². The molecule has 1 aromatic carbocycles. The van der Waals surface area contributed by atoms with Gasteiger partial charge >= 0.3 is 5.97 Å². The highest BCUT2D eigenvalue weighted by molar-refractivity contribution is 5.86. The smallest absolute Gasteiger partial charge is 0.333 e. The first-order valence-corrected chi connectivity index (χ1v) is 5.65. The second-order valence-electron chi connectivity index (χ2n) is 4.66. The largest absolute Gasteiger partial charge is 0.456 e. The van der Waals surface area contributed by atoms with Crippen molar-refractivity contribution in [1.82, 2.24) is 4.48 Å². The van der Waals surface area contributed by atoms with E-state index in [4.69, 9.17) is 4.74 Å². The molecule has 92 valence electrons. The fraction of sp³-hybridized carbons (Fsp3) is 0.357. The molecular formula is C14H20NO2+. The first-order valence-electron chi connectivity index (χ1n) is 5.65. The van der Waals surface area contributed by atoms with Crippen molar-refractivity contribution >= 4 is 11.7 Å². The maximum atomic E-state index is 11.2. The van der Waals surface area contributed by atoms with Gasteiger partial charge in [-0.25, -0.2) is 4.79 Å². The molecule has 0 N–H and O–H groups in total. The van der Waals surface area contributed by atoms with E-state index in [-0.39, 0.29) is 5.97 Å². The highest BCUT2D eigenvalue weighted by Gasteiger charge is 2.18. The molecule has 1 rings (SSSR count). The summed E-state index contributed by atoms with van der Waals surface area (Å²) in [6.45, 7) is 6.34. The van der Waals surface area contributed by atoms with E-state index in [1.807, 2.05) is 18.2 Å². The van der Waals surface area contributed by atoms with Gasteiger partial charge in [0.2, 0.25) is 0 Å². The molecule has 3 nitrogen and oxygen atoms in total. The predicted molar refractivity (Wildman–Crippen MR) is 70.7 cm³/mol. The van der Waals surface area contributed by atoms with Crippen LogP contribution in [0.25, 0.3) is 0 Å². The quantitative estimate of drug-likeness (QED) is 0.444. The van der Waals surface area contributed by atoms with Crippen LogP contribution in [0.4, 0.5) is 5.69 Å². The van der Waals surface area contributed by atoms with Gasteiger partial charge in [-0.2, -0.15) is 0 Å². The number of nitrogens with zero attached hydrogens (tertiary/aromatic N) is 1. The van der Waals surface area contributed by atoms with Crippen LogP contribution in [-0.4, -0.2) is 33.2 Å². The van der Waals surface area contributed by atoms with Crippen LogP contribution in [0.3, 0.4) is 0 Å². The van der Waals surface area contributed by atoms with Crippen LogP contribution in [0.1, 0.15) is 6.92 Å². The molecule has 0 radical (unpaired) electrons. The molecule has 0 aliphatic carbocycles. The van der Waals surface area contributed by atoms with Gasteiger partial charge in [0.25, 0.3) is 0 Å². The molecule has 1 aromatic rings. The average molecular weight is 234 g/mol. The minimum atomic E-state index is -0.321. The normalized spacial score (nSPS) is 11.0. The van der Waals surface area contributed by atoms with Crippen molar-refractivity contribution in [3.8, 4) is 0 Å². The van der Waals surface area contributed by atoms with Crippen molar-refractivity contribution in [1.29, 1.82) is 0 Å². The Morgan fingerprint density at radius 2 is 1.88 bits per heavy atom. The summed E-state index contributed by atoms with van der Waals surface area (Å²) in [7, 11) is 4.17. The van der Waals surface area contributed by atoms with E-state index in [1.54, 1.807) is 6.92 Å². The molecule has 0 saturated heterocycles. The summed E-state index contributed by atoms with van der Waals surface area (Å²) in [5, 5.41) is 0. The fourth-order valence-electron chi connectivity index (χ4n) is 1.45. The molecule has 17 heavy (non-hydrogen) atoms. The molecular weight excluding hydrogens is 214 g/mol. The SMILES string of the molecule is C=C(C)C(=O)OCC[N+](C)(C)c1ccccc1. The Bertz CT molecular complexity index is 396. The van der Waals surface area contributed by atoms with Gasteiger partial charge in [-0.15, -0.1) is 0 Å². The lowest BCUT2D eigenvalue weighted by molar-refractivity contribution is -0.139. The topological polar surface area (TPSA) is 26.3 Å². The summed E-state index contributed by atoms with van der Waals surface area (Å²) in [5.41, 5.74) is 1.63. The third-order valence-corrected chi connectivity index (χ3v) is 2.69. The van der Waals surface area contributed by atoms with Crippen molar-refractivity contribution in [2.24, 2.45) is 0 Å². The molecule has 3 heteroatoms. The van der Waals surface area contributed by atoms with Crippen LogP contribution >= 0.6 is 0 Å². The maximum absolute atomic E-state index is 11.2. The lowest BCUT2D eigenvalue weighted by Crippen LogP contribution is -2.43. The number of benzene rings is 1. The van der Waals surface area contributed by atoms with E-state index >= 15 is 0 Å². The second kappa shape index (κ2) is 5.64. The zero-order chi connectivity index (χ0) is 12.9. The Balaban J connectivity index is 2.51. The van der Waals surface area contributed by atoms with Crippen molar-refractivity contribution in [2.45, 2.75) is 6.92 Å². The molecule has 0 amide bonds. The number of hydrogen-bond acceptors (Lipinski definition) is 2. The molecule has 0 unspecified atom stereocenters. The number of para-hydroxylation sites is 1. The van der Waals surface area contributed by atoms with E-state index in [9.17, 15) is 4.79 Å². The second-order valence-corrected chi connectivity index (χ2v) is 4.66. The number of likely N-dealkylation sites (N-methyl/N-ethyl adjacent to an activating group) is 1. The van der Waals surface area contributed by atoms with Crippen LogP contribution in [0.15, 0.2) is 42.5 Å². The average Bonchev–Trinajstić information content (AvgIpc) is 2.29. The lowest BCUT2D eigenvalue weighted by Gasteiger charge is -2.28. The molecule has 0 spiro atoms. The zero-order valence-electron chi connectivity index (χ0n) is 10.8. The summed E-state index contributed by atoms with van der Waals surface area (Å²) in [5.74, 6) is -0.321. The number of esters is 1. The van der Waals surface area contributed by atoms with Crippen LogP contribution in [0.2, 0.25) is 0 Å². The van der Waals surface area contributed by atoms with Gasteiger partial charge in [-0.05, 0) is 19.1 Å². The highest BCUT2D eigenvalue weighted by atomic mass is 16.5. The monoisotopic (exact) mass is 234 g/mol. The van der Waals surface area contributed by atoms with Gasteiger partial charge in [0.1, 0.15) is 18.8 Å². The number of ether oxygens (including phenoxy) is 1. The fourth-order valence-corrected chi connectivity index (χ4v) is 1.45. The van der Waals surface area contributed by atoms with Gasteiger partial charge in [-0.3, -0.25) is 4.48 Å². The minimum absolute atomic E-state index is 0.321. The van der Waals surface area contributed by atoms with E-state index in [1.165, 1.54) is 5.69 Å². The molecule has 0 aliphatic rings. The minimum Gasteiger partial charge on any atom is -0.456 e. The Kier molecular flexibility index (Phi) is 4.46. The number of quaternary nitrogens is 1. The van der Waals surface area contributed by atoms with E-state index < -0.39 is 0 Å². The first-order chi connectivity index (χ1) is 7.93. The Labute approximate surface area is 103 Å². The standard InChI is InChI=1S/C14H20NO2/c1-12(2)14(16)17-11-10-15(3,4)13-8-6-5-7-9-13/h5-9H,1,10-11H2,2-4H3/q+1. The Hall–Kier alpha value is -1.61.